The quantitative estimate of drug-likeness (QED) is 0.827. The summed E-state index contributed by atoms with van der Waals surface area (Å²) < 4.78 is 1.59. The lowest BCUT2D eigenvalue weighted by molar-refractivity contribution is 0.814. The Balaban J connectivity index is 2.37. The van der Waals surface area contributed by atoms with Crippen LogP contribution >= 0.6 is 11.6 Å². The lowest BCUT2D eigenvalue weighted by atomic mass is 10.4. The van der Waals surface area contributed by atoms with Crippen LogP contribution in [-0.4, -0.2) is 19.7 Å². The molecule has 0 aliphatic rings. The minimum atomic E-state index is 0.381. The van der Waals surface area contributed by atoms with Crippen molar-refractivity contribution >= 4 is 11.6 Å². The van der Waals surface area contributed by atoms with E-state index in [0.29, 0.717) is 17.4 Å². The van der Waals surface area contributed by atoms with E-state index in [4.69, 9.17) is 17.3 Å². The SMILES string of the molecule is Cc1nn(-c2cnc(CN)cn2)cc1Cl. The molecular weight excluding hydrogens is 214 g/mol. The topological polar surface area (TPSA) is 69.6 Å². The molecule has 0 saturated heterocycles. The molecule has 0 spiro atoms. The van der Waals surface area contributed by atoms with Crippen LogP contribution in [0.15, 0.2) is 18.6 Å². The molecule has 5 nitrogen and oxygen atoms in total. The van der Waals surface area contributed by atoms with Crippen LogP contribution in [0.4, 0.5) is 0 Å². The molecule has 0 radical (unpaired) electrons. The number of hydrogen-bond acceptors (Lipinski definition) is 4. The number of nitrogens with two attached hydrogens (primary N) is 1. The van der Waals surface area contributed by atoms with Crippen LogP contribution in [0.5, 0.6) is 0 Å². The summed E-state index contributed by atoms with van der Waals surface area (Å²) in [6.45, 7) is 2.21. The number of halogens is 1. The van der Waals surface area contributed by atoms with Gasteiger partial charge in [-0.05, 0) is 6.92 Å². The van der Waals surface area contributed by atoms with Crippen LogP contribution < -0.4 is 5.73 Å². The van der Waals surface area contributed by atoms with Crippen LogP contribution in [0.1, 0.15) is 11.4 Å². The number of hydrogen-bond donors (Lipinski definition) is 1. The first kappa shape index (κ1) is 10.1. The fourth-order valence-corrected chi connectivity index (χ4v) is 1.26. The monoisotopic (exact) mass is 223 g/mol. The molecule has 0 atom stereocenters. The number of aryl methyl sites for hydroxylation is 1. The molecule has 0 bridgehead atoms. The summed E-state index contributed by atoms with van der Waals surface area (Å²) in [4.78, 5) is 8.29. The van der Waals surface area contributed by atoms with Gasteiger partial charge in [0, 0.05) is 6.54 Å². The van der Waals surface area contributed by atoms with Crippen molar-refractivity contribution in [2.24, 2.45) is 5.73 Å². The Morgan fingerprint density at radius 3 is 2.67 bits per heavy atom. The molecule has 15 heavy (non-hydrogen) atoms. The van der Waals surface area contributed by atoms with Gasteiger partial charge in [-0.25, -0.2) is 9.67 Å². The molecule has 2 aromatic heterocycles. The van der Waals surface area contributed by atoms with E-state index in [1.165, 1.54) is 0 Å². The van der Waals surface area contributed by atoms with E-state index in [0.717, 1.165) is 11.4 Å². The Kier molecular flexibility index (Phi) is 2.66. The van der Waals surface area contributed by atoms with Crippen LogP contribution in [0.3, 0.4) is 0 Å². The first-order valence-electron chi connectivity index (χ1n) is 4.44. The second kappa shape index (κ2) is 3.96. The zero-order chi connectivity index (χ0) is 10.8. The third-order valence-corrected chi connectivity index (χ3v) is 2.35. The van der Waals surface area contributed by atoms with E-state index in [9.17, 15) is 0 Å². The first-order chi connectivity index (χ1) is 7.20. The zero-order valence-electron chi connectivity index (χ0n) is 8.18. The van der Waals surface area contributed by atoms with Gasteiger partial charge in [0.2, 0.25) is 0 Å². The summed E-state index contributed by atoms with van der Waals surface area (Å²) in [5.41, 5.74) is 6.93. The third kappa shape index (κ3) is 1.98. The Morgan fingerprint density at radius 2 is 2.20 bits per heavy atom. The first-order valence-corrected chi connectivity index (χ1v) is 4.81. The highest BCUT2D eigenvalue weighted by atomic mass is 35.5. The number of nitrogens with zero attached hydrogens (tertiary/aromatic N) is 4. The maximum Gasteiger partial charge on any atom is 0.171 e. The summed E-state index contributed by atoms with van der Waals surface area (Å²) in [6, 6.07) is 0. The van der Waals surface area contributed by atoms with Crippen LogP contribution in [0.25, 0.3) is 5.82 Å². The fraction of sp³-hybridized carbons (Fsp3) is 0.222. The predicted molar refractivity (Wildman–Crippen MR) is 56.8 cm³/mol. The van der Waals surface area contributed by atoms with Gasteiger partial charge in [0.05, 0.1) is 35.0 Å². The second-order valence-corrected chi connectivity index (χ2v) is 3.48. The predicted octanol–water partition coefficient (Wildman–Crippen LogP) is 1.08. The molecule has 0 aliphatic heterocycles. The third-order valence-electron chi connectivity index (χ3n) is 1.97. The molecular formula is C9H10ClN5. The molecule has 2 heterocycles. The van der Waals surface area contributed by atoms with Crippen LogP contribution in [0, 0.1) is 6.92 Å². The molecule has 2 aromatic rings. The molecule has 0 aliphatic carbocycles. The molecule has 0 fully saturated rings. The maximum atomic E-state index is 5.89. The van der Waals surface area contributed by atoms with Crippen molar-refractivity contribution in [1.29, 1.82) is 0 Å². The molecule has 2 N–H and O–H groups in total. The standard InChI is InChI=1S/C9H10ClN5/c1-6-8(10)5-15(14-6)9-4-12-7(2-11)3-13-9/h3-5H,2,11H2,1H3. The van der Waals surface area contributed by atoms with Crippen LogP contribution in [-0.2, 0) is 6.54 Å². The Morgan fingerprint density at radius 1 is 1.40 bits per heavy atom. The summed E-state index contributed by atoms with van der Waals surface area (Å²) >= 11 is 5.89. The summed E-state index contributed by atoms with van der Waals surface area (Å²) in [5.74, 6) is 0.627. The van der Waals surface area contributed by atoms with E-state index in [2.05, 4.69) is 15.1 Å². The lowest BCUT2D eigenvalue weighted by Crippen LogP contribution is -2.04. The minimum Gasteiger partial charge on any atom is -0.325 e. The van der Waals surface area contributed by atoms with Crippen molar-refractivity contribution in [1.82, 2.24) is 19.7 Å². The van der Waals surface area contributed by atoms with E-state index in [1.54, 1.807) is 23.3 Å². The molecule has 0 amide bonds. The Hall–Kier alpha value is -1.46. The minimum absolute atomic E-state index is 0.381. The Bertz CT molecular complexity index is 442. The smallest absolute Gasteiger partial charge is 0.171 e. The van der Waals surface area contributed by atoms with Gasteiger partial charge in [-0.1, -0.05) is 11.6 Å². The second-order valence-electron chi connectivity index (χ2n) is 3.08. The molecule has 0 saturated carbocycles. The normalized spacial score (nSPS) is 10.6. The highest BCUT2D eigenvalue weighted by molar-refractivity contribution is 6.31. The maximum absolute atomic E-state index is 5.89. The average molecular weight is 224 g/mol. The lowest BCUT2D eigenvalue weighted by Gasteiger charge is -1.99. The molecule has 6 heteroatoms. The van der Waals surface area contributed by atoms with Crippen molar-refractivity contribution < 1.29 is 0 Å². The highest BCUT2D eigenvalue weighted by Crippen LogP contribution is 2.14. The van der Waals surface area contributed by atoms with Crippen molar-refractivity contribution in [3.63, 3.8) is 0 Å². The molecule has 0 unspecified atom stereocenters. The van der Waals surface area contributed by atoms with Gasteiger partial charge in [-0.15, -0.1) is 0 Å². The van der Waals surface area contributed by atoms with Crippen molar-refractivity contribution in [3.05, 3.63) is 35.0 Å². The largest absolute Gasteiger partial charge is 0.325 e. The van der Waals surface area contributed by atoms with E-state index in [-0.39, 0.29) is 0 Å². The van der Waals surface area contributed by atoms with Gasteiger partial charge in [0.1, 0.15) is 0 Å². The summed E-state index contributed by atoms with van der Waals surface area (Å²) in [6.07, 6.45) is 4.94. The van der Waals surface area contributed by atoms with Gasteiger partial charge in [0.25, 0.3) is 0 Å². The van der Waals surface area contributed by atoms with Crippen molar-refractivity contribution in [2.75, 3.05) is 0 Å². The summed E-state index contributed by atoms with van der Waals surface area (Å²) in [5, 5.41) is 4.80. The van der Waals surface area contributed by atoms with Gasteiger partial charge < -0.3 is 5.73 Å². The van der Waals surface area contributed by atoms with Gasteiger partial charge in [0.15, 0.2) is 5.82 Å². The molecule has 2 rings (SSSR count). The highest BCUT2D eigenvalue weighted by Gasteiger charge is 2.04. The zero-order valence-corrected chi connectivity index (χ0v) is 8.94. The Labute approximate surface area is 91.9 Å². The molecule has 78 valence electrons. The van der Waals surface area contributed by atoms with E-state index >= 15 is 0 Å². The number of rotatable bonds is 2. The van der Waals surface area contributed by atoms with Crippen molar-refractivity contribution in [3.8, 4) is 5.82 Å². The van der Waals surface area contributed by atoms with Gasteiger partial charge in [-0.2, -0.15) is 5.10 Å². The van der Waals surface area contributed by atoms with E-state index < -0.39 is 0 Å². The van der Waals surface area contributed by atoms with Crippen LogP contribution in [0.2, 0.25) is 5.02 Å². The van der Waals surface area contributed by atoms with E-state index in [1.807, 2.05) is 6.92 Å². The van der Waals surface area contributed by atoms with Gasteiger partial charge in [-0.3, -0.25) is 4.98 Å². The fourth-order valence-electron chi connectivity index (χ4n) is 1.13. The summed E-state index contributed by atoms with van der Waals surface area (Å²) in [7, 11) is 0. The van der Waals surface area contributed by atoms with Crippen molar-refractivity contribution in [2.45, 2.75) is 13.5 Å². The average Bonchev–Trinajstić information content (AvgIpc) is 2.59. The number of aromatic nitrogens is 4. The van der Waals surface area contributed by atoms with Gasteiger partial charge >= 0.3 is 0 Å². The molecule has 0 aromatic carbocycles.